The minimum Gasteiger partial charge on any atom is -0.326 e. The first kappa shape index (κ1) is 13.9. The van der Waals surface area contributed by atoms with Gasteiger partial charge in [-0.15, -0.1) is 12.3 Å². The van der Waals surface area contributed by atoms with Crippen molar-refractivity contribution in [3.63, 3.8) is 0 Å². The molecule has 3 heterocycles. The van der Waals surface area contributed by atoms with Crippen molar-refractivity contribution in [1.82, 2.24) is 0 Å². The lowest BCUT2D eigenvalue weighted by molar-refractivity contribution is -0.485. The van der Waals surface area contributed by atoms with E-state index in [0.29, 0.717) is 0 Å². The molecule has 3 heteroatoms. The van der Waals surface area contributed by atoms with Gasteiger partial charge in [-0.25, -0.2) is 0 Å². The van der Waals surface area contributed by atoms with Crippen molar-refractivity contribution in [2.24, 2.45) is 11.3 Å². The molecule has 0 aromatic rings. The smallest absolute Gasteiger partial charge is 0.285 e. The normalized spacial score (nSPS) is 36.3. The standard InChI is InChI=1S/C15H24O3/c1-4-6-7-8-13(3)15-16-10-14(9-5-2,11-17-15)12-18-15/h1,13H,5-12H2,2-3H3. The molecule has 3 aliphatic heterocycles. The highest BCUT2D eigenvalue weighted by molar-refractivity contribution is 4.90. The SMILES string of the molecule is C#CCCCC(C)C12OCC(CCC)(CO1)CO2. The van der Waals surface area contributed by atoms with Crippen LogP contribution in [0.15, 0.2) is 0 Å². The Morgan fingerprint density at radius 2 is 1.83 bits per heavy atom. The van der Waals surface area contributed by atoms with Crippen LogP contribution >= 0.6 is 0 Å². The molecule has 0 aromatic heterocycles. The molecule has 1 atom stereocenters. The van der Waals surface area contributed by atoms with E-state index >= 15 is 0 Å². The molecule has 0 aliphatic carbocycles. The third-order valence-electron chi connectivity index (χ3n) is 4.08. The van der Waals surface area contributed by atoms with Crippen molar-refractivity contribution in [3.8, 4) is 12.3 Å². The molecule has 0 N–H and O–H groups in total. The van der Waals surface area contributed by atoms with Gasteiger partial charge in [-0.1, -0.05) is 20.3 Å². The minimum absolute atomic E-state index is 0.0923. The highest BCUT2D eigenvalue weighted by Crippen LogP contribution is 2.45. The average molecular weight is 252 g/mol. The van der Waals surface area contributed by atoms with Gasteiger partial charge in [-0.2, -0.15) is 0 Å². The molecule has 0 saturated carbocycles. The van der Waals surface area contributed by atoms with Crippen LogP contribution in [0.4, 0.5) is 0 Å². The lowest BCUT2D eigenvalue weighted by Crippen LogP contribution is -2.62. The number of terminal acetylenes is 1. The maximum Gasteiger partial charge on any atom is 0.285 e. The summed E-state index contributed by atoms with van der Waals surface area (Å²) in [6.07, 6.45) is 10.3. The van der Waals surface area contributed by atoms with E-state index in [4.69, 9.17) is 20.6 Å². The van der Waals surface area contributed by atoms with Crippen LogP contribution in [0.25, 0.3) is 0 Å². The molecule has 0 radical (unpaired) electrons. The summed E-state index contributed by atoms with van der Waals surface area (Å²) in [5.41, 5.74) is 0.0923. The monoisotopic (exact) mass is 252 g/mol. The Hall–Kier alpha value is -0.560. The van der Waals surface area contributed by atoms with E-state index in [2.05, 4.69) is 19.8 Å². The summed E-state index contributed by atoms with van der Waals surface area (Å²) in [7, 11) is 0. The number of unbranched alkanes of at least 4 members (excludes halogenated alkanes) is 1. The summed E-state index contributed by atoms with van der Waals surface area (Å²) in [4.78, 5) is 0. The first-order valence-electron chi connectivity index (χ1n) is 7.02. The first-order valence-corrected chi connectivity index (χ1v) is 7.02. The Morgan fingerprint density at radius 1 is 1.22 bits per heavy atom. The van der Waals surface area contributed by atoms with E-state index in [9.17, 15) is 0 Å². The summed E-state index contributed by atoms with van der Waals surface area (Å²) in [5, 5.41) is 0. The molecule has 3 rings (SSSR count). The summed E-state index contributed by atoms with van der Waals surface area (Å²) in [6, 6.07) is 0. The second kappa shape index (κ2) is 5.61. The number of rotatable bonds is 6. The van der Waals surface area contributed by atoms with Crippen LogP contribution in [0.1, 0.15) is 46.0 Å². The van der Waals surface area contributed by atoms with Gasteiger partial charge in [0.05, 0.1) is 19.8 Å². The van der Waals surface area contributed by atoms with E-state index in [1.165, 1.54) is 0 Å². The number of hydrogen-bond acceptors (Lipinski definition) is 3. The van der Waals surface area contributed by atoms with Crippen LogP contribution in [-0.4, -0.2) is 25.8 Å². The zero-order valence-corrected chi connectivity index (χ0v) is 11.5. The quantitative estimate of drug-likeness (QED) is 0.537. The summed E-state index contributed by atoms with van der Waals surface area (Å²) in [6.45, 7) is 6.60. The largest absolute Gasteiger partial charge is 0.326 e. The van der Waals surface area contributed by atoms with Gasteiger partial charge in [0, 0.05) is 17.8 Å². The zero-order chi connectivity index (χ0) is 13.1. The van der Waals surface area contributed by atoms with Gasteiger partial charge in [-0.05, 0) is 19.3 Å². The van der Waals surface area contributed by atoms with Crippen LogP contribution in [0, 0.1) is 23.7 Å². The van der Waals surface area contributed by atoms with Gasteiger partial charge in [0.15, 0.2) is 0 Å². The predicted molar refractivity (Wildman–Crippen MR) is 69.8 cm³/mol. The van der Waals surface area contributed by atoms with Crippen molar-refractivity contribution in [2.45, 2.75) is 51.9 Å². The summed E-state index contributed by atoms with van der Waals surface area (Å²) >= 11 is 0. The molecule has 102 valence electrons. The van der Waals surface area contributed by atoms with Gasteiger partial charge in [0.2, 0.25) is 0 Å². The van der Waals surface area contributed by atoms with Crippen LogP contribution in [0.5, 0.6) is 0 Å². The molecule has 0 amide bonds. The molecule has 3 nitrogen and oxygen atoms in total. The molecular formula is C15H24O3. The topological polar surface area (TPSA) is 27.7 Å². The Morgan fingerprint density at radius 3 is 2.33 bits per heavy atom. The van der Waals surface area contributed by atoms with E-state index in [1.807, 2.05) is 0 Å². The zero-order valence-electron chi connectivity index (χ0n) is 11.5. The maximum absolute atomic E-state index is 5.92. The van der Waals surface area contributed by atoms with Crippen LogP contribution in [0.2, 0.25) is 0 Å². The van der Waals surface area contributed by atoms with Gasteiger partial charge < -0.3 is 14.2 Å². The van der Waals surface area contributed by atoms with E-state index < -0.39 is 5.97 Å². The predicted octanol–water partition coefficient (Wildman–Crippen LogP) is 2.94. The average Bonchev–Trinajstić information content (AvgIpc) is 2.41. The molecule has 1 unspecified atom stereocenters. The Labute approximate surface area is 110 Å². The Bertz CT molecular complexity index is 294. The Kier molecular flexibility index (Phi) is 4.32. The number of fused-ring (bicyclic) bond motifs is 3. The fourth-order valence-electron chi connectivity index (χ4n) is 2.87. The van der Waals surface area contributed by atoms with Crippen molar-refractivity contribution < 1.29 is 14.2 Å². The highest BCUT2D eigenvalue weighted by Gasteiger charge is 2.54. The van der Waals surface area contributed by atoms with Gasteiger partial charge >= 0.3 is 0 Å². The van der Waals surface area contributed by atoms with E-state index in [-0.39, 0.29) is 11.3 Å². The molecule has 3 saturated heterocycles. The molecule has 3 aliphatic rings. The van der Waals surface area contributed by atoms with Crippen LogP contribution in [-0.2, 0) is 14.2 Å². The van der Waals surface area contributed by atoms with Crippen molar-refractivity contribution in [3.05, 3.63) is 0 Å². The van der Waals surface area contributed by atoms with Gasteiger partial charge in [0.25, 0.3) is 5.97 Å². The molecule has 2 bridgehead atoms. The van der Waals surface area contributed by atoms with Crippen molar-refractivity contribution in [2.75, 3.05) is 19.8 Å². The second-order valence-corrected chi connectivity index (χ2v) is 5.72. The lowest BCUT2D eigenvalue weighted by atomic mass is 9.83. The maximum atomic E-state index is 5.92. The minimum atomic E-state index is -0.801. The highest BCUT2D eigenvalue weighted by atomic mass is 16.9. The van der Waals surface area contributed by atoms with E-state index in [1.54, 1.807) is 0 Å². The van der Waals surface area contributed by atoms with Crippen LogP contribution in [0.3, 0.4) is 0 Å². The van der Waals surface area contributed by atoms with Crippen LogP contribution < -0.4 is 0 Å². The van der Waals surface area contributed by atoms with Gasteiger partial charge in [-0.3, -0.25) is 0 Å². The molecule has 18 heavy (non-hydrogen) atoms. The van der Waals surface area contributed by atoms with Gasteiger partial charge in [0.1, 0.15) is 0 Å². The van der Waals surface area contributed by atoms with Crippen molar-refractivity contribution in [1.29, 1.82) is 0 Å². The Balaban J connectivity index is 1.90. The molecule has 0 spiro atoms. The van der Waals surface area contributed by atoms with Crippen molar-refractivity contribution >= 4 is 0 Å². The first-order chi connectivity index (χ1) is 8.66. The third kappa shape index (κ3) is 2.56. The molecule has 3 fully saturated rings. The number of ether oxygens (including phenoxy) is 3. The fraction of sp³-hybridized carbons (Fsp3) is 0.867. The summed E-state index contributed by atoms with van der Waals surface area (Å²) < 4.78 is 17.8. The molecular weight excluding hydrogens is 228 g/mol. The number of hydrogen-bond donors (Lipinski definition) is 0. The fourth-order valence-corrected chi connectivity index (χ4v) is 2.87. The molecule has 0 aromatic carbocycles. The summed E-state index contributed by atoms with van der Waals surface area (Å²) in [5.74, 6) is 2.09. The second-order valence-electron chi connectivity index (χ2n) is 5.72. The lowest BCUT2D eigenvalue weighted by Gasteiger charge is -2.54. The third-order valence-corrected chi connectivity index (χ3v) is 4.08. The van der Waals surface area contributed by atoms with E-state index in [0.717, 1.165) is 51.9 Å².